The normalized spacial score (nSPS) is 17.5. The number of hydrogen-bond donors (Lipinski definition) is 1. The first-order valence-electron chi connectivity index (χ1n) is 6.88. The third kappa shape index (κ3) is 3.63. The van der Waals surface area contributed by atoms with E-state index in [0.717, 1.165) is 28.9 Å². The molecule has 1 nitrogen and oxygen atoms in total. The van der Waals surface area contributed by atoms with Crippen molar-refractivity contribution in [3.05, 3.63) is 33.8 Å². The van der Waals surface area contributed by atoms with Gasteiger partial charge in [-0.3, -0.25) is 0 Å². The highest BCUT2D eigenvalue weighted by Gasteiger charge is 2.27. The van der Waals surface area contributed by atoms with Crippen LogP contribution in [0, 0.1) is 5.92 Å². The summed E-state index contributed by atoms with van der Waals surface area (Å²) in [4.78, 5) is 0. The topological polar surface area (TPSA) is 12.0 Å². The summed E-state index contributed by atoms with van der Waals surface area (Å²) in [6.07, 6.45) is 6.23. The van der Waals surface area contributed by atoms with Gasteiger partial charge in [0.2, 0.25) is 0 Å². The van der Waals surface area contributed by atoms with Crippen LogP contribution in [0.5, 0.6) is 0 Å². The quantitative estimate of drug-likeness (QED) is 0.799. The van der Waals surface area contributed by atoms with Crippen molar-refractivity contribution in [1.82, 2.24) is 5.32 Å². The first-order valence-corrected chi connectivity index (χ1v) is 7.63. The Hall–Kier alpha value is -0.240. The molecule has 0 saturated heterocycles. The highest BCUT2D eigenvalue weighted by Crippen LogP contribution is 2.32. The van der Waals surface area contributed by atoms with Crippen LogP contribution in [-0.2, 0) is 6.42 Å². The van der Waals surface area contributed by atoms with Gasteiger partial charge in [0.25, 0.3) is 0 Å². The SMILES string of the molecule is CCCNC(Cc1cc(Cl)ccc1Cl)C1CCC1. The maximum Gasteiger partial charge on any atom is 0.0439 e. The fraction of sp³-hybridized carbons (Fsp3) is 0.600. The Morgan fingerprint density at radius 3 is 2.72 bits per heavy atom. The molecular formula is C15H21Cl2N. The van der Waals surface area contributed by atoms with Gasteiger partial charge in [-0.1, -0.05) is 36.5 Å². The summed E-state index contributed by atoms with van der Waals surface area (Å²) in [5.41, 5.74) is 1.17. The zero-order valence-corrected chi connectivity index (χ0v) is 12.4. The minimum Gasteiger partial charge on any atom is -0.313 e. The number of nitrogens with one attached hydrogen (secondary N) is 1. The van der Waals surface area contributed by atoms with Gasteiger partial charge in [-0.25, -0.2) is 0 Å². The van der Waals surface area contributed by atoms with E-state index in [1.807, 2.05) is 18.2 Å². The van der Waals surface area contributed by atoms with Crippen LogP contribution < -0.4 is 5.32 Å². The van der Waals surface area contributed by atoms with E-state index < -0.39 is 0 Å². The second kappa shape index (κ2) is 6.79. The number of benzene rings is 1. The van der Waals surface area contributed by atoms with Crippen molar-refractivity contribution in [3.8, 4) is 0 Å². The van der Waals surface area contributed by atoms with Crippen LogP contribution >= 0.6 is 23.2 Å². The van der Waals surface area contributed by atoms with Crippen LogP contribution in [0.3, 0.4) is 0 Å². The van der Waals surface area contributed by atoms with E-state index in [-0.39, 0.29) is 0 Å². The third-order valence-electron chi connectivity index (χ3n) is 3.82. The van der Waals surface area contributed by atoms with Crippen LogP contribution in [0.2, 0.25) is 10.0 Å². The van der Waals surface area contributed by atoms with E-state index in [2.05, 4.69) is 12.2 Å². The molecule has 1 atom stereocenters. The Morgan fingerprint density at radius 2 is 2.11 bits per heavy atom. The maximum absolute atomic E-state index is 6.25. The average molecular weight is 286 g/mol. The van der Waals surface area contributed by atoms with Gasteiger partial charge < -0.3 is 5.32 Å². The summed E-state index contributed by atoms with van der Waals surface area (Å²) in [6.45, 7) is 3.29. The summed E-state index contributed by atoms with van der Waals surface area (Å²) in [6, 6.07) is 6.31. The first-order chi connectivity index (χ1) is 8.70. The Kier molecular flexibility index (Phi) is 5.35. The van der Waals surface area contributed by atoms with Gasteiger partial charge in [-0.2, -0.15) is 0 Å². The summed E-state index contributed by atoms with van der Waals surface area (Å²) in [5.74, 6) is 0.812. The molecule has 0 amide bonds. The molecule has 0 bridgehead atoms. The summed E-state index contributed by atoms with van der Waals surface area (Å²) in [7, 11) is 0. The molecule has 1 fully saturated rings. The lowest BCUT2D eigenvalue weighted by atomic mass is 9.77. The van der Waals surface area contributed by atoms with Gasteiger partial charge in [0.1, 0.15) is 0 Å². The predicted octanol–water partition coefficient (Wildman–Crippen LogP) is 4.70. The Morgan fingerprint density at radius 1 is 1.33 bits per heavy atom. The highest BCUT2D eigenvalue weighted by molar-refractivity contribution is 6.33. The lowest BCUT2D eigenvalue weighted by molar-refractivity contribution is 0.227. The van der Waals surface area contributed by atoms with E-state index in [9.17, 15) is 0 Å². The predicted molar refractivity (Wildman–Crippen MR) is 79.6 cm³/mol. The molecule has 1 N–H and O–H groups in total. The zero-order chi connectivity index (χ0) is 13.0. The molecule has 0 radical (unpaired) electrons. The Labute approximate surface area is 120 Å². The number of rotatable bonds is 6. The van der Waals surface area contributed by atoms with E-state index >= 15 is 0 Å². The van der Waals surface area contributed by atoms with E-state index in [4.69, 9.17) is 23.2 Å². The van der Waals surface area contributed by atoms with Gasteiger partial charge >= 0.3 is 0 Å². The van der Waals surface area contributed by atoms with Gasteiger partial charge in [-0.15, -0.1) is 0 Å². The van der Waals surface area contributed by atoms with Crippen LogP contribution in [0.25, 0.3) is 0 Å². The van der Waals surface area contributed by atoms with E-state index in [1.165, 1.54) is 31.2 Å². The van der Waals surface area contributed by atoms with Crippen molar-refractivity contribution in [1.29, 1.82) is 0 Å². The molecule has 1 aliphatic carbocycles. The molecule has 1 aromatic carbocycles. The van der Waals surface area contributed by atoms with E-state index in [0.29, 0.717) is 6.04 Å². The highest BCUT2D eigenvalue weighted by atomic mass is 35.5. The standard InChI is InChI=1S/C15H21Cl2N/c1-2-8-18-15(11-4-3-5-11)10-12-9-13(16)6-7-14(12)17/h6-7,9,11,15,18H,2-5,8,10H2,1H3. The summed E-state index contributed by atoms with van der Waals surface area (Å²) >= 11 is 12.3. The van der Waals surface area contributed by atoms with Crippen LogP contribution in [0.15, 0.2) is 18.2 Å². The second-order valence-electron chi connectivity index (χ2n) is 5.19. The molecule has 0 spiro atoms. The second-order valence-corrected chi connectivity index (χ2v) is 6.04. The van der Waals surface area contributed by atoms with Crippen LogP contribution in [-0.4, -0.2) is 12.6 Å². The van der Waals surface area contributed by atoms with Crippen molar-refractivity contribution < 1.29 is 0 Å². The lowest BCUT2D eigenvalue weighted by Gasteiger charge is -2.35. The molecule has 0 aromatic heterocycles. The van der Waals surface area contributed by atoms with Gasteiger partial charge in [-0.05, 0) is 61.9 Å². The molecule has 0 aliphatic heterocycles. The minimum absolute atomic E-state index is 0.551. The summed E-state index contributed by atoms with van der Waals surface area (Å²) in [5, 5.41) is 5.28. The van der Waals surface area contributed by atoms with Gasteiger partial charge in [0.15, 0.2) is 0 Å². The fourth-order valence-corrected chi connectivity index (χ4v) is 2.90. The number of halogens is 2. The smallest absolute Gasteiger partial charge is 0.0439 e. The molecule has 0 heterocycles. The molecule has 1 aliphatic rings. The molecule has 3 heteroatoms. The van der Waals surface area contributed by atoms with Gasteiger partial charge in [0.05, 0.1) is 0 Å². The molecule has 1 saturated carbocycles. The summed E-state index contributed by atoms with van der Waals surface area (Å²) < 4.78 is 0. The largest absolute Gasteiger partial charge is 0.313 e. The monoisotopic (exact) mass is 285 g/mol. The molecular weight excluding hydrogens is 265 g/mol. The maximum atomic E-state index is 6.25. The first kappa shape index (κ1) is 14.2. The number of hydrogen-bond acceptors (Lipinski definition) is 1. The lowest BCUT2D eigenvalue weighted by Crippen LogP contribution is -2.41. The molecule has 1 unspecified atom stereocenters. The van der Waals surface area contributed by atoms with Crippen molar-refractivity contribution in [2.75, 3.05) is 6.54 Å². The van der Waals surface area contributed by atoms with Crippen molar-refractivity contribution in [3.63, 3.8) is 0 Å². The molecule has 2 rings (SSSR count). The Bertz CT molecular complexity index is 388. The molecule has 100 valence electrons. The van der Waals surface area contributed by atoms with Crippen molar-refractivity contribution in [2.24, 2.45) is 5.92 Å². The van der Waals surface area contributed by atoms with Crippen molar-refractivity contribution >= 4 is 23.2 Å². The van der Waals surface area contributed by atoms with Crippen LogP contribution in [0.1, 0.15) is 38.2 Å². The van der Waals surface area contributed by atoms with E-state index in [1.54, 1.807) is 0 Å². The Balaban J connectivity index is 2.04. The average Bonchev–Trinajstić information content (AvgIpc) is 2.28. The van der Waals surface area contributed by atoms with Crippen LogP contribution in [0.4, 0.5) is 0 Å². The zero-order valence-electron chi connectivity index (χ0n) is 10.9. The fourth-order valence-electron chi connectivity index (χ4n) is 2.51. The molecule has 1 aromatic rings. The minimum atomic E-state index is 0.551. The van der Waals surface area contributed by atoms with Gasteiger partial charge in [0, 0.05) is 16.1 Å². The molecule has 18 heavy (non-hydrogen) atoms. The van der Waals surface area contributed by atoms with Crippen molar-refractivity contribution in [2.45, 2.75) is 45.1 Å². The third-order valence-corrected chi connectivity index (χ3v) is 4.43.